The fraction of sp³-hybridized carbons (Fsp3) is 0.182. The number of ether oxygens (including phenoxy) is 1. The van der Waals surface area contributed by atoms with Gasteiger partial charge in [0.05, 0.1) is 0 Å². The van der Waals surface area contributed by atoms with Gasteiger partial charge in [0.25, 0.3) is 0 Å². The second-order valence-corrected chi connectivity index (χ2v) is 7.39. The van der Waals surface area contributed by atoms with Crippen molar-refractivity contribution in [3.8, 4) is 11.5 Å². The van der Waals surface area contributed by atoms with Crippen molar-refractivity contribution in [1.82, 2.24) is 9.97 Å². The highest BCUT2D eigenvalue weighted by atomic mass is 19.4. The van der Waals surface area contributed by atoms with E-state index in [9.17, 15) is 27.2 Å². The van der Waals surface area contributed by atoms with Crippen LogP contribution in [0.4, 0.5) is 39.5 Å². The van der Waals surface area contributed by atoms with Crippen molar-refractivity contribution in [3.05, 3.63) is 66.4 Å². The maximum absolute atomic E-state index is 14.5. The third-order valence-electron chi connectivity index (χ3n) is 4.66. The second kappa shape index (κ2) is 9.33. The number of nitrogens with one attached hydrogen (secondary N) is 3. The zero-order valence-electron chi connectivity index (χ0n) is 17.3. The quantitative estimate of drug-likeness (QED) is 0.413. The molecular formula is C22H17F4N5O3. The van der Waals surface area contributed by atoms with Gasteiger partial charge in [0.15, 0.2) is 11.6 Å². The summed E-state index contributed by atoms with van der Waals surface area (Å²) in [6.07, 6.45) is -0.678. The van der Waals surface area contributed by atoms with E-state index in [0.29, 0.717) is 6.07 Å². The van der Waals surface area contributed by atoms with Gasteiger partial charge in [-0.15, -0.1) is 0 Å². The molecule has 0 bridgehead atoms. The summed E-state index contributed by atoms with van der Waals surface area (Å²) in [6.45, 7) is 0. The van der Waals surface area contributed by atoms with Crippen LogP contribution in [0, 0.1) is 11.7 Å². The Kier molecular flexibility index (Phi) is 6.30. The maximum atomic E-state index is 14.5. The molecule has 0 atom stereocenters. The fourth-order valence-corrected chi connectivity index (χ4v) is 2.86. The molecule has 0 aliphatic heterocycles. The van der Waals surface area contributed by atoms with E-state index in [0.717, 1.165) is 25.1 Å². The number of amides is 3. The smallest absolute Gasteiger partial charge is 0.433 e. The Labute approximate surface area is 190 Å². The highest BCUT2D eigenvalue weighted by Gasteiger charge is 2.32. The van der Waals surface area contributed by atoms with Crippen LogP contribution in [0.1, 0.15) is 18.5 Å². The standard InChI is InChI=1S/C22H17F4N5O3/c23-16-9-13(29-21(33)30-14-5-7-27-18(10-14)22(24,25)26)3-4-17(16)34-15-6-8-28-19(11-15)31-20(32)12-1-2-12/h3-12H,1-2H2,(H,28,31,32)(H2,27,29,30,33). The number of halogens is 4. The summed E-state index contributed by atoms with van der Waals surface area (Å²) < 4.78 is 58.2. The number of alkyl halides is 3. The maximum Gasteiger partial charge on any atom is 0.433 e. The number of anilines is 3. The Morgan fingerprint density at radius 3 is 2.29 bits per heavy atom. The summed E-state index contributed by atoms with van der Waals surface area (Å²) in [5.74, 6) is -0.592. The third kappa shape index (κ3) is 5.97. The van der Waals surface area contributed by atoms with Crippen LogP contribution < -0.4 is 20.7 Å². The summed E-state index contributed by atoms with van der Waals surface area (Å²) >= 11 is 0. The largest absolute Gasteiger partial charge is 0.454 e. The molecule has 3 aromatic rings. The minimum Gasteiger partial charge on any atom is -0.454 e. The van der Waals surface area contributed by atoms with Gasteiger partial charge >= 0.3 is 12.2 Å². The predicted molar refractivity (Wildman–Crippen MR) is 114 cm³/mol. The van der Waals surface area contributed by atoms with Gasteiger partial charge in [0.2, 0.25) is 5.91 Å². The van der Waals surface area contributed by atoms with Gasteiger partial charge < -0.3 is 20.7 Å². The lowest BCUT2D eigenvalue weighted by atomic mass is 10.3. The Morgan fingerprint density at radius 1 is 0.912 bits per heavy atom. The van der Waals surface area contributed by atoms with Gasteiger partial charge in [-0.3, -0.25) is 9.78 Å². The number of nitrogens with zero attached hydrogens (tertiary/aromatic N) is 2. The highest BCUT2D eigenvalue weighted by Crippen LogP contribution is 2.32. The van der Waals surface area contributed by atoms with Crippen LogP contribution in [0.2, 0.25) is 0 Å². The molecule has 2 heterocycles. The van der Waals surface area contributed by atoms with E-state index < -0.39 is 23.7 Å². The SMILES string of the molecule is O=C(Nc1ccnc(C(F)(F)F)c1)Nc1ccc(Oc2ccnc(NC(=O)C3CC3)c2)c(F)c1. The first-order chi connectivity index (χ1) is 16.2. The molecule has 0 spiro atoms. The van der Waals surface area contributed by atoms with E-state index in [1.165, 1.54) is 36.5 Å². The van der Waals surface area contributed by atoms with Crippen molar-refractivity contribution in [2.75, 3.05) is 16.0 Å². The molecule has 3 amide bonds. The second-order valence-electron chi connectivity index (χ2n) is 7.39. The Morgan fingerprint density at radius 2 is 1.62 bits per heavy atom. The molecule has 1 aromatic carbocycles. The van der Waals surface area contributed by atoms with Gasteiger partial charge in [0.1, 0.15) is 17.3 Å². The van der Waals surface area contributed by atoms with Gasteiger partial charge in [-0.25, -0.2) is 14.2 Å². The molecule has 0 radical (unpaired) electrons. The lowest BCUT2D eigenvalue weighted by molar-refractivity contribution is -0.141. The summed E-state index contributed by atoms with van der Waals surface area (Å²) in [5.41, 5.74) is -1.26. The molecule has 3 N–H and O–H groups in total. The van der Waals surface area contributed by atoms with Crippen molar-refractivity contribution >= 4 is 29.1 Å². The molecule has 1 aliphatic carbocycles. The minimum atomic E-state index is -4.66. The van der Waals surface area contributed by atoms with Crippen LogP contribution in [0.25, 0.3) is 0 Å². The van der Waals surface area contributed by atoms with Crippen LogP contribution in [0.5, 0.6) is 11.5 Å². The monoisotopic (exact) mass is 475 g/mol. The summed E-state index contributed by atoms with van der Waals surface area (Å²) in [5, 5.41) is 7.21. The normalized spacial score (nSPS) is 13.2. The Balaban J connectivity index is 1.38. The van der Waals surface area contributed by atoms with Crippen molar-refractivity contribution in [2.45, 2.75) is 19.0 Å². The van der Waals surface area contributed by atoms with Crippen LogP contribution in [-0.4, -0.2) is 21.9 Å². The number of aromatic nitrogens is 2. The average molecular weight is 475 g/mol. The van der Waals surface area contributed by atoms with Crippen LogP contribution >= 0.6 is 0 Å². The number of benzene rings is 1. The Bertz CT molecular complexity index is 1230. The molecule has 12 heteroatoms. The van der Waals surface area contributed by atoms with Gasteiger partial charge in [-0.2, -0.15) is 13.2 Å². The van der Waals surface area contributed by atoms with Crippen molar-refractivity contribution in [2.24, 2.45) is 5.92 Å². The van der Waals surface area contributed by atoms with Crippen molar-refractivity contribution < 1.29 is 31.9 Å². The molecule has 0 unspecified atom stereocenters. The predicted octanol–water partition coefficient (Wildman–Crippen LogP) is 5.42. The molecular weight excluding hydrogens is 458 g/mol. The number of hydrogen-bond acceptors (Lipinski definition) is 5. The van der Waals surface area contributed by atoms with Gasteiger partial charge in [-0.05, 0) is 43.2 Å². The summed E-state index contributed by atoms with van der Waals surface area (Å²) in [7, 11) is 0. The average Bonchev–Trinajstić information content (AvgIpc) is 3.61. The summed E-state index contributed by atoms with van der Waals surface area (Å²) in [6, 6.07) is 7.51. The number of carbonyl (C=O) groups is 2. The molecule has 4 rings (SSSR count). The molecule has 0 saturated heterocycles. The lowest BCUT2D eigenvalue weighted by Crippen LogP contribution is -2.20. The van der Waals surface area contributed by atoms with Crippen molar-refractivity contribution in [3.63, 3.8) is 0 Å². The van der Waals surface area contributed by atoms with Crippen LogP contribution in [0.3, 0.4) is 0 Å². The zero-order valence-corrected chi connectivity index (χ0v) is 17.3. The Hall–Kier alpha value is -4.22. The fourth-order valence-electron chi connectivity index (χ4n) is 2.86. The van der Waals surface area contributed by atoms with Crippen LogP contribution in [-0.2, 0) is 11.0 Å². The molecule has 1 aliphatic rings. The first-order valence-electron chi connectivity index (χ1n) is 10.0. The first-order valence-corrected chi connectivity index (χ1v) is 10.0. The number of urea groups is 1. The summed E-state index contributed by atoms with van der Waals surface area (Å²) in [4.78, 5) is 31.2. The third-order valence-corrected chi connectivity index (χ3v) is 4.66. The first kappa shape index (κ1) is 23.0. The molecule has 2 aromatic heterocycles. The molecule has 8 nitrogen and oxygen atoms in total. The van der Waals surface area contributed by atoms with E-state index in [-0.39, 0.29) is 40.5 Å². The number of carbonyl (C=O) groups excluding carboxylic acids is 2. The number of pyridine rings is 2. The van der Waals surface area contributed by atoms with E-state index in [4.69, 9.17) is 4.74 Å². The topological polar surface area (TPSA) is 105 Å². The molecule has 1 saturated carbocycles. The van der Waals surface area contributed by atoms with E-state index in [1.54, 1.807) is 0 Å². The van der Waals surface area contributed by atoms with Gasteiger partial charge in [-0.1, -0.05) is 0 Å². The number of hydrogen-bond donors (Lipinski definition) is 3. The van der Waals surface area contributed by atoms with E-state index in [2.05, 4.69) is 25.9 Å². The number of rotatable bonds is 6. The van der Waals surface area contributed by atoms with Crippen LogP contribution in [0.15, 0.2) is 54.9 Å². The molecule has 176 valence electrons. The highest BCUT2D eigenvalue weighted by molar-refractivity contribution is 5.99. The lowest BCUT2D eigenvalue weighted by Gasteiger charge is -2.12. The zero-order chi connectivity index (χ0) is 24.3. The van der Waals surface area contributed by atoms with E-state index >= 15 is 0 Å². The van der Waals surface area contributed by atoms with Crippen molar-refractivity contribution in [1.29, 1.82) is 0 Å². The van der Waals surface area contributed by atoms with Gasteiger partial charge in [0, 0.05) is 41.8 Å². The molecule has 1 fully saturated rings. The minimum absolute atomic E-state index is 0.00805. The molecule has 34 heavy (non-hydrogen) atoms. The van der Waals surface area contributed by atoms with E-state index in [1.807, 2.05) is 0 Å².